The van der Waals surface area contributed by atoms with E-state index >= 15 is 0 Å². The fraction of sp³-hybridized carbons (Fsp3) is 0.318. The summed E-state index contributed by atoms with van der Waals surface area (Å²) < 4.78 is 52.3. The number of para-hydroxylation sites is 1. The third-order valence-electron chi connectivity index (χ3n) is 5.17. The van der Waals surface area contributed by atoms with E-state index < -0.39 is 17.8 Å². The van der Waals surface area contributed by atoms with Gasteiger partial charge in [-0.3, -0.25) is 9.36 Å². The molecule has 1 aromatic carbocycles. The number of imidazole rings is 1. The van der Waals surface area contributed by atoms with E-state index in [1.807, 2.05) is 6.92 Å². The first-order valence-electron chi connectivity index (χ1n) is 9.93. The SMILES string of the molecule is COc1cc(C(=O)N2CCC(Oc3ccccc3C(F)(F)F)C2)cnc1-n1cnc(C)c1. The maximum Gasteiger partial charge on any atom is 0.419 e. The van der Waals surface area contributed by atoms with Crippen LogP contribution in [0.3, 0.4) is 0 Å². The third-order valence-corrected chi connectivity index (χ3v) is 5.17. The van der Waals surface area contributed by atoms with Gasteiger partial charge in [-0.25, -0.2) is 9.97 Å². The molecule has 1 aliphatic rings. The lowest BCUT2D eigenvalue weighted by molar-refractivity contribution is -0.139. The molecule has 7 nitrogen and oxygen atoms in total. The van der Waals surface area contributed by atoms with Crippen LogP contribution in [-0.2, 0) is 6.18 Å². The van der Waals surface area contributed by atoms with Crippen molar-refractivity contribution >= 4 is 5.91 Å². The maximum absolute atomic E-state index is 13.2. The summed E-state index contributed by atoms with van der Waals surface area (Å²) >= 11 is 0. The van der Waals surface area contributed by atoms with Gasteiger partial charge in [0.05, 0.1) is 30.5 Å². The van der Waals surface area contributed by atoms with Gasteiger partial charge in [0.2, 0.25) is 0 Å². The predicted octanol–water partition coefficient (Wildman–Crippen LogP) is 3.90. The first kappa shape index (κ1) is 21.7. The first-order valence-corrected chi connectivity index (χ1v) is 9.93. The number of ether oxygens (including phenoxy) is 2. The lowest BCUT2D eigenvalue weighted by atomic mass is 10.2. The van der Waals surface area contributed by atoms with Crippen molar-refractivity contribution < 1.29 is 27.4 Å². The number of hydrogen-bond acceptors (Lipinski definition) is 5. The van der Waals surface area contributed by atoms with Crippen molar-refractivity contribution in [3.63, 3.8) is 0 Å². The summed E-state index contributed by atoms with van der Waals surface area (Å²) in [5.41, 5.74) is 0.298. The van der Waals surface area contributed by atoms with Gasteiger partial charge in [0.15, 0.2) is 11.6 Å². The summed E-state index contributed by atoms with van der Waals surface area (Å²) in [7, 11) is 1.48. The number of hydrogen-bond donors (Lipinski definition) is 0. The second-order valence-corrected chi connectivity index (χ2v) is 7.45. The summed E-state index contributed by atoms with van der Waals surface area (Å²) in [6.07, 6.45) is 0.210. The van der Waals surface area contributed by atoms with E-state index in [0.29, 0.717) is 30.1 Å². The number of aromatic nitrogens is 3. The minimum Gasteiger partial charge on any atom is -0.493 e. The van der Waals surface area contributed by atoms with Crippen LogP contribution in [0.1, 0.15) is 28.0 Å². The topological polar surface area (TPSA) is 69.5 Å². The fourth-order valence-corrected chi connectivity index (χ4v) is 3.61. The molecule has 0 radical (unpaired) electrons. The van der Waals surface area contributed by atoms with Crippen LogP contribution in [0.4, 0.5) is 13.2 Å². The van der Waals surface area contributed by atoms with Crippen LogP contribution in [0.2, 0.25) is 0 Å². The Kier molecular flexibility index (Phi) is 5.77. The van der Waals surface area contributed by atoms with Gasteiger partial charge in [-0.1, -0.05) is 12.1 Å². The highest BCUT2D eigenvalue weighted by Crippen LogP contribution is 2.37. The number of likely N-dealkylation sites (tertiary alicyclic amines) is 1. The minimum absolute atomic E-state index is 0.176. The Labute approximate surface area is 182 Å². The average Bonchev–Trinajstić information content (AvgIpc) is 3.41. The van der Waals surface area contributed by atoms with Gasteiger partial charge in [0.25, 0.3) is 5.91 Å². The predicted molar refractivity (Wildman–Crippen MR) is 109 cm³/mol. The number of rotatable bonds is 5. The molecule has 1 fully saturated rings. The van der Waals surface area contributed by atoms with Crippen molar-refractivity contribution in [3.8, 4) is 17.3 Å². The van der Waals surface area contributed by atoms with Gasteiger partial charge in [-0.2, -0.15) is 13.2 Å². The molecular weight excluding hydrogens is 425 g/mol. The standard InChI is InChI=1S/C22H21F3N4O3/c1-14-11-29(13-27-14)20-19(31-2)9-15(10-26-20)21(30)28-8-7-16(12-28)32-18-6-4-3-5-17(18)22(23,24)25/h3-6,9-11,13,16H,7-8,12H2,1-2H3. The van der Waals surface area contributed by atoms with Gasteiger partial charge < -0.3 is 14.4 Å². The van der Waals surface area contributed by atoms with Crippen molar-refractivity contribution in [1.29, 1.82) is 0 Å². The lowest BCUT2D eigenvalue weighted by Gasteiger charge is -2.19. The molecule has 0 aliphatic carbocycles. The number of carbonyl (C=O) groups excluding carboxylic acids is 1. The summed E-state index contributed by atoms with van der Waals surface area (Å²) in [6.45, 7) is 2.39. The summed E-state index contributed by atoms with van der Waals surface area (Å²) in [5.74, 6) is 0.373. The van der Waals surface area contributed by atoms with Crippen LogP contribution in [0.25, 0.3) is 5.82 Å². The molecule has 32 heavy (non-hydrogen) atoms. The third kappa shape index (κ3) is 4.39. The van der Waals surface area contributed by atoms with Crippen LogP contribution >= 0.6 is 0 Å². The molecular formula is C22H21F3N4O3. The molecule has 1 saturated heterocycles. The first-order chi connectivity index (χ1) is 15.3. The lowest BCUT2D eigenvalue weighted by Crippen LogP contribution is -2.31. The molecule has 1 unspecified atom stereocenters. The van der Waals surface area contributed by atoms with Crippen LogP contribution in [0.15, 0.2) is 49.1 Å². The van der Waals surface area contributed by atoms with E-state index in [1.54, 1.807) is 28.1 Å². The van der Waals surface area contributed by atoms with Gasteiger partial charge in [-0.05, 0) is 25.1 Å². The normalized spacial score (nSPS) is 16.3. The molecule has 0 bridgehead atoms. The van der Waals surface area contributed by atoms with E-state index in [4.69, 9.17) is 9.47 Å². The van der Waals surface area contributed by atoms with Crippen molar-refractivity contribution in [3.05, 3.63) is 65.9 Å². The number of halogens is 3. The molecule has 10 heteroatoms. The quantitative estimate of drug-likeness (QED) is 0.595. The van der Waals surface area contributed by atoms with E-state index in [1.165, 1.54) is 31.5 Å². The van der Waals surface area contributed by atoms with Crippen LogP contribution in [0, 0.1) is 6.92 Å². The Morgan fingerprint density at radius 1 is 1.19 bits per heavy atom. The Bertz CT molecular complexity index is 1130. The van der Waals surface area contributed by atoms with Crippen molar-refractivity contribution in [2.24, 2.45) is 0 Å². The number of methoxy groups -OCH3 is 1. The van der Waals surface area contributed by atoms with Crippen molar-refractivity contribution in [2.45, 2.75) is 25.6 Å². The largest absolute Gasteiger partial charge is 0.493 e. The Morgan fingerprint density at radius 2 is 1.97 bits per heavy atom. The monoisotopic (exact) mass is 446 g/mol. The molecule has 0 N–H and O–H groups in total. The molecule has 2 aromatic heterocycles. The fourth-order valence-electron chi connectivity index (χ4n) is 3.61. The Hall–Kier alpha value is -3.56. The zero-order valence-electron chi connectivity index (χ0n) is 17.5. The number of alkyl halides is 3. The number of nitrogens with zero attached hydrogens (tertiary/aromatic N) is 4. The van der Waals surface area contributed by atoms with E-state index in [2.05, 4.69) is 9.97 Å². The summed E-state index contributed by atoms with van der Waals surface area (Å²) in [6, 6.07) is 6.67. The van der Waals surface area contributed by atoms with Crippen molar-refractivity contribution in [1.82, 2.24) is 19.4 Å². The highest BCUT2D eigenvalue weighted by atomic mass is 19.4. The number of aryl methyl sites for hydroxylation is 1. The Morgan fingerprint density at radius 3 is 2.66 bits per heavy atom. The van der Waals surface area contributed by atoms with Gasteiger partial charge in [0.1, 0.15) is 18.2 Å². The highest BCUT2D eigenvalue weighted by molar-refractivity contribution is 5.94. The highest BCUT2D eigenvalue weighted by Gasteiger charge is 2.36. The van der Waals surface area contributed by atoms with Crippen LogP contribution in [-0.4, -0.2) is 51.6 Å². The van der Waals surface area contributed by atoms with E-state index in [0.717, 1.165) is 11.8 Å². The molecule has 3 aromatic rings. The molecule has 1 atom stereocenters. The number of pyridine rings is 1. The minimum atomic E-state index is -4.51. The van der Waals surface area contributed by atoms with Crippen LogP contribution < -0.4 is 9.47 Å². The smallest absolute Gasteiger partial charge is 0.419 e. The van der Waals surface area contributed by atoms with Crippen LogP contribution in [0.5, 0.6) is 11.5 Å². The molecule has 3 heterocycles. The number of carbonyl (C=O) groups is 1. The zero-order valence-corrected chi connectivity index (χ0v) is 17.5. The van der Waals surface area contributed by atoms with Gasteiger partial charge in [0, 0.05) is 25.4 Å². The number of benzene rings is 1. The maximum atomic E-state index is 13.2. The Balaban J connectivity index is 1.48. The zero-order chi connectivity index (χ0) is 22.9. The summed E-state index contributed by atoms with van der Waals surface area (Å²) in [4.78, 5) is 23.0. The van der Waals surface area contributed by atoms with E-state index in [9.17, 15) is 18.0 Å². The molecule has 168 valence electrons. The molecule has 1 aliphatic heterocycles. The molecule has 0 spiro atoms. The van der Waals surface area contributed by atoms with Gasteiger partial charge >= 0.3 is 6.18 Å². The average molecular weight is 446 g/mol. The second-order valence-electron chi connectivity index (χ2n) is 7.45. The molecule has 0 saturated carbocycles. The van der Waals surface area contributed by atoms with Crippen molar-refractivity contribution in [2.75, 3.05) is 20.2 Å². The second kappa shape index (κ2) is 8.52. The summed E-state index contributed by atoms with van der Waals surface area (Å²) in [5, 5.41) is 0. The number of amides is 1. The molecule has 4 rings (SSSR count). The molecule has 1 amide bonds. The van der Waals surface area contributed by atoms with Gasteiger partial charge in [-0.15, -0.1) is 0 Å². The van der Waals surface area contributed by atoms with E-state index in [-0.39, 0.29) is 18.2 Å².